The lowest BCUT2D eigenvalue weighted by atomic mass is 9.77. The number of rotatable bonds is 9. The number of likely N-dealkylation sites (N-methyl/N-ethyl adjacent to an activating group) is 1. The van der Waals surface area contributed by atoms with Gasteiger partial charge in [-0.3, -0.25) is 0 Å². The summed E-state index contributed by atoms with van der Waals surface area (Å²) in [7, 11) is 1.97. The van der Waals surface area contributed by atoms with Crippen LogP contribution in [0.15, 0.2) is 107 Å². The molecule has 0 heterocycles. The fraction of sp³-hybridized carbons (Fsp3) is 0.212. The second kappa shape index (κ2) is 12.2. The fourth-order valence-electron chi connectivity index (χ4n) is 4.80. The van der Waals surface area contributed by atoms with Gasteiger partial charge in [-0.2, -0.15) is 10.2 Å². The molecule has 0 aliphatic carbocycles. The van der Waals surface area contributed by atoms with E-state index in [0.29, 0.717) is 5.02 Å². The summed E-state index contributed by atoms with van der Waals surface area (Å²) >= 11 is 6.45. The van der Waals surface area contributed by atoms with Crippen molar-refractivity contribution in [3.63, 3.8) is 0 Å². The molecular formula is C33H37ClN4. The SMILES string of the molecule is C=CN(C)/C(=C\C)C(N)(c1ccc(C)cc1)c1ccc(C)c(/C(=C(C)\C(C)=N\N=C)c2cccc(Cl)c2)c1. The molecule has 3 aromatic rings. The molecule has 0 amide bonds. The third-order valence-corrected chi connectivity index (χ3v) is 7.29. The van der Waals surface area contributed by atoms with Crippen LogP contribution in [-0.4, -0.2) is 24.4 Å². The molecule has 0 saturated heterocycles. The minimum Gasteiger partial charge on any atom is -0.353 e. The van der Waals surface area contributed by atoms with E-state index in [9.17, 15) is 0 Å². The van der Waals surface area contributed by atoms with Crippen LogP contribution in [0, 0.1) is 13.8 Å². The van der Waals surface area contributed by atoms with E-state index < -0.39 is 5.54 Å². The lowest BCUT2D eigenvalue weighted by Gasteiger charge is -2.38. The van der Waals surface area contributed by atoms with Gasteiger partial charge in [0.15, 0.2) is 0 Å². The lowest BCUT2D eigenvalue weighted by Crippen LogP contribution is -2.44. The molecule has 2 N–H and O–H groups in total. The monoisotopic (exact) mass is 524 g/mol. The highest BCUT2D eigenvalue weighted by Gasteiger charge is 2.36. The summed E-state index contributed by atoms with van der Waals surface area (Å²) in [5, 5.41) is 8.67. The van der Waals surface area contributed by atoms with Gasteiger partial charge in [0.1, 0.15) is 5.54 Å². The average molecular weight is 525 g/mol. The first-order chi connectivity index (χ1) is 18.1. The zero-order valence-electron chi connectivity index (χ0n) is 23.2. The number of allylic oxidation sites excluding steroid dienone is 2. The highest BCUT2D eigenvalue weighted by atomic mass is 35.5. The van der Waals surface area contributed by atoms with Crippen LogP contribution in [0.4, 0.5) is 0 Å². The third kappa shape index (κ3) is 5.72. The topological polar surface area (TPSA) is 54.0 Å². The highest BCUT2D eigenvalue weighted by molar-refractivity contribution is 6.30. The Morgan fingerprint density at radius 3 is 2.24 bits per heavy atom. The summed E-state index contributed by atoms with van der Waals surface area (Å²) in [4.78, 5) is 1.98. The third-order valence-electron chi connectivity index (χ3n) is 7.05. The predicted octanol–water partition coefficient (Wildman–Crippen LogP) is 8.04. The normalized spacial score (nSPS) is 14.4. The number of hydrogen-bond donors (Lipinski definition) is 1. The smallest absolute Gasteiger partial charge is 0.107 e. The fourth-order valence-corrected chi connectivity index (χ4v) is 4.99. The van der Waals surface area contributed by atoms with Crippen molar-refractivity contribution in [1.82, 2.24) is 4.90 Å². The number of benzene rings is 3. The second-order valence-electron chi connectivity index (χ2n) is 9.51. The van der Waals surface area contributed by atoms with Gasteiger partial charge in [-0.1, -0.05) is 78.4 Å². The molecule has 0 bridgehead atoms. The van der Waals surface area contributed by atoms with Crippen molar-refractivity contribution in [3.05, 3.63) is 135 Å². The van der Waals surface area contributed by atoms with Crippen LogP contribution < -0.4 is 5.73 Å². The molecule has 0 fully saturated rings. The van der Waals surface area contributed by atoms with Crippen molar-refractivity contribution < 1.29 is 0 Å². The van der Waals surface area contributed by atoms with Gasteiger partial charge in [0.25, 0.3) is 0 Å². The molecule has 5 heteroatoms. The molecule has 0 spiro atoms. The first-order valence-electron chi connectivity index (χ1n) is 12.6. The molecule has 196 valence electrons. The number of halogens is 1. The van der Waals surface area contributed by atoms with E-state index in [1.807, 2.05) is 57.0 Å². The van der Waals surface area contributed by atoms with Gasteiger partial charge in [0.2, 0.25) is 0 Å². The minimum absolute atomic E-state index is 0.662. The number of nitrogens with zero attached hydrogens (tertiary/aromatic N) is 3. The Balaban J connectivity index is 2.42. The van der Waals surface area contributed by atoms with Crippen molar-refractivity contribution in [3.8, 4) is 0 Å². The van der Waals surface area contributed by atoms with E-state index in [0.717, 1.165) is 50.4 Å². The maximum atomic E-state index is 7.45. The molecule has 38 heavy (non-hydrogen) atoms. The second-order valence-corrected chi connectivity index (χ2v) is 9.94. The lowest BCUT2D eigenvalue weighted by molar-refractivity contribution is 0.446. The van der Waals surface area contributed by atoms with E-state index in [1.54, 1.807) is 6.20 Å². The van der Waals surface area contributed by atoms with Crippen molar-refractivity contribution >= 4 is 29.6 Å². The molecule has 0 radical (unpaired) electrons. The molecule has 1 atom stereocenters. The van der Waals surface area contributed by atoms with Gasteiger partial charge in [-0.05, 0) is 98.0 Å². The standard InChI is InChI=1S/C33H37ClN4/c1-9-31(38(8)10-2)33(35,27-17-14-22(3)15-18-27)28-19-16-23(4)30(21-28)32(24(5)25(6)37-36-7)26-12-11-13-29(34)20-26/h9-21H,2,7,35H2,1,3-6,8H3/b31-9-,32-24-,37-25+. The molecule has 0 aliphatic heterocycles. The van der Waals surface area contributed by atoms with Gasteiger partial charge in [0, 0.05) is 24.5 Å². The predicted molar refractivity (Wildman–Crippen MR) is 165 cm³/mol. The van der Waals surface area contributed by atoms with Crippen LogP contribution in [0.5, 0.6) is 0 Å². The van der Waals surface area contributed by atoms with Gasteiger partial charge >= 0.3 is 0 Å². The molecule has 3 rings (SSSR count). The van der Waals surface area contributed by atoms with Crippen LogP contribution in [-0.2, 0) is 5.54 Å². The summed E-state index contributed by atoms with van der Waals surface area (Å²) in [6.45, 7) is 17.7. The van der Waals surface area contributed by atoms with Gasteiger partial charge < -0.3 is 10.6 Å². The first-order valence-corrected chi connectivity index (χ1v) is 12.9. The average Bonchev–Trinajstić information content (AvgIpc) is 2.90. The van der Waals surface area contributed by atoms with E-state index >= 15 is 0 Å². The summed E-state index contributed by atoms with van der Waals surface area (Å²) in [6, 6.07) is 22.7. The summed E-state index contributed by atoms with van der Waals surface area (Å²) in [5.74, 6) is 0. The van der Waals surface area contributed by atoms with Crippen LogP contribution >= 0.6 is 11.6 Å². The zero-order chi connectivity index (χ0) is 28.0. The first kappa shape index (κ1) is 28.8. The number of aryl methyl sites for hydroxylation is 2. The van der Waals surface area contributed by atoms with Gasteiger partial charge in [-0.15, -0.1) is 0 Å². The van der Waals surface area contributed by atoms with Crippen LogP contribution in [0.3, 0.4) is 0 Å². The van der Waals surface area contributed by atoms with E-state index in [1.165, 1.54) is 5.56 Å². The largest absolute Gasteiger partial charge is 0.353 e. The highest BCUT2D eigenvalue weighted by Crippen LogP contribution is 2.39. The van der Waals surface area contributed by atoms with E-state index in [4.69, 9.17) is 17.3 Å². The molecule has 0 aromatic heterocycles. The van der Waals surface area contributed by atoms with E-state index in [2.05, 4.69) is 85.9 Å². The molecule has 0 aliphatic rings. The Hall–Kier alpha value is -3.73. The summed E-state index contributed by atoms with van der Waals surface area (Å²) < 4.78 is 0. The Morgan fingerprint density at radius 1 is 1.00 bits per heavy atom. The molecule has 3 aromatic carbocycles. The maximum absolute atomic E-state index is 7.45. The Morgan fingerprint density at radius 2 is 1.66 bits per heavy atom. The quantitative estimate of drug-likeness (QED) is 0.227. The van der Waals surface area contributed by atoms with E-state index in [-0.39, 0.29) is 0 Å². The Labute approximate surface area is 232 Å². The van der Waals surface area contributed by atoms with Crippen molar-refractivity contribution in [1.29, 1.82) is 0 Å². The van der Waals surface area contributed by atoms with Crippen molar-refractivity contribution in [2.45, 2.75) is 40.2 Å². The molecule has 4 nitrogen and oxygen atoms in total. The molecular weight excluding hydrogens is 488 g/mol. The molecule has 0 saturated carbocycles. The van der Waals surface area contributed by atoms with Crippen LogP contribution in [0.25, 0.3) is 5.57 Å². The summed E-state index contributed by atoms with van der Waals surface area (Å²) in [5.41, 5.74) is 16.4. The minimum atomic E-state index is -0.938. The van der Waals surface area contributed by atoms with Crippen molar-refractivity contribution in [2.24, 2.45) is 15.9 Å². The zero-order valence-corrected chi connectivity index (χ0v) is 24.0. The summed E-state index contributed by atoms with van der Waals surface area (Å²) in [6.07, 6.45) is 3.83. The van der Waals surface area contributed by atoms with Crippen LogP contribution in [0.2, 0.25) is 5.02 Å². The van der Waals surface area contributed by atoms with Crippen molar-refractivity contribution in [2.75, 3.05) is 7.05 Å². The number of hydrogen-bond acceptors (Lipinski definition) is 4. The maximum Gasteiger partial charge on any atom is 0.107 e. The van der Waals surface area contributed by atoms with Gasteiger partial charge in [0.05, 0.1) is 5.71 Å². The molecule has 1 unspecified atom stereocenters. The Bertz CT molecular complexity index is 1430. The Kier molecular flexibility index (Phi) is 9.26. The van der Waals surface area contributed by atoms with Crippen LogP contribution in [0.1, 0.15) is 54.2 Å². The number of nitrogens with two attached hydrogens (primary N) is 1. The van der Waals surface area contributed by atoms with Gasteiger partial charge in [-0.25, -0.2) is 0 Å².